The average Bonchev–Trinajstić information content (AvgIpc) is 2.18. The monoisotopic (exact) mass is 246 g/mol. The Balaban J connectivity index is 3.31. The van der Waals surface area contributed by atoms with Crippen LogP contribution in [0.2, 0.25) is 0 Å². The predicted molar refractivity (Wildman–Crippen MR) is 48.6 cm³/mol. The van der Waals surface area contributed by atoms with Crippen LogP contribution >= 0.6 is 0 Å². The molecule has 0 fully saturated rings. The minimum absolute atomic E-state index is 0.329. The Morgan fingerprint density at radius 3 is 2.53 bits per heavy atom. The van der Waals surface area contributed by atoms with Gasteiger partial charge in [-0.15, -0.1) is 13.2 Å². The Kier molecular flexibility index (Phi) is 3.08. The zero-order valence-electron chi connectivity index (χ0n) is 8.08. The first-order valence-electron chi connectivity index (χ1n) is 4.00. The van der Waals surface area contributed by atoms with E-state index in [0.717, 1.165) is 6.07 Å². The van der Waals surface area contributed by atoms with Crippen LogP contribution in [0, 0.1) is 11.3 Å². The van der Waals surface area contributed by atoms with Crippen LogP contribution < -0.4 is 16.2 Å². The molecule has 6 nitrogen and oxygen atoms in total. The number of nitrogens with zero attached hydrogens (tertiary/aromatic N) is 2. The summed E-state index contributed by atoms with van der Waals surface area (Å²) in [7, 11) is 0. The van der Waals surface area contributed by atoms with Crippen molar-refractivity contribution >= 4 is 11.6 Å². The second-order valence-electron chi connectivity index (χ2n) is 2.80. The molecule has 1 amide bonds. The van der Waals surface area contributed by atoms with Crippen LogP contribution in [0.1, 0.15) is 16.1 Å². The summed E-state index contributed by atoms with van der Waals surface area (Å²) >= 11 is 0. The third kappa shape index (κ3) is 2.97. The second-order valence-corrected chi connectivity index (χ2v) is 2.80. The number of amides is 1. The lowest BCUT2D eigenvalue weighted by atomic mass is 10.2. The van der Waals surface area contributed by atoms with Crippen molar-refractivity contribution in [3.05, 3.63) is 17.3 Å². The standard InChI is InChI=1S/C8H5F3N4O2/c9-8(10,11)17-7-4(13)1-3(2-12)5(15-7)6(14)16/h1H,13H2,(H2,14,16). The van der Waals surface area contributed by atoms with E-state index in [-0.39, 0.29) is 5.56 Å². The van der Waals surface area contributed by atoms with Crippen LogP contribution in [0.25, 0.3) is 0 Å². The zero-order chi connectivity index (χ0) is 13.2. The molecule has 1 rings (SSSR count). The Bertz CT molecular complexity index is 507. The van der Waals surface area contributed by atoms with Gasteiger partial charge < -0.3 is 16.2 Å². The highest BCUT2D eigenvalue weighted by Crippen LogP contribution is 2.27. The van der Waals surface area contributed by atoms with E-state index in [1.165, 1.54) is 6.07 Å². The summed E-state index contributed by atoms with van der Waals surface area (Å²) in [5.41, 5.74) is 8.53. The third-order valence-electron chi connectivity index (χ3n) is 1.58. The van der Waals surface area contributed by atoms with Gasteiger partial charge in [-0.05, 0) is 6.07 Å². The van der Waals surface area contributed by atoms with Gasteiger partial charge in [0.2, 0.25) is 5.88 Å². The van der Waals surface area contributed by atoms with Crippen molar-refractivity contribution < 1.29 is 22.7 Å². The number of carbonyl (C=O) groups excluding carboxylic acids is 1. The predicted octanol–water partition coefficient (Wildman–Crippen LogP) is 0.533. The van der Waals surface area contributed by atoms with Crippen molar-refractivity contribution in [2.75, 3.05) is 5.73 Å². The highest BCUT2D eigenvalue weighted by Gasteiger charge is 2.33. The van der Waals surface area contributed by atoms with Gasteiger partial charge in [0.15, 0.2) is 0 Å². The molecule has 1 heterocycles. The molecule has 0 spiro atoms. The lowest BCUT2D eigenvalue weighted by Crippen LogP contribution is -2.21. The summed E-state index contributed by atoms with van der Waals surface area (Å²) in [5.74, 6) is -2.18. The summed E-state index contributed by atoms with van der Waals surface area (Å²) in [5, 5.41) is 8.60. The number of nitrogens with two attached hydrogens (primary N) is 2. The number of rotatable bonds is 2. The lowest BCUT2D eigenvalue weighted by Gasteiger charge is -2.11. The largest absolute Gasteiger partial charge is 0.574 e. The normalized spacial score (nSPS) is 10.7. The van der Waals surface area contributed by atoms with Crippen molar-refractivity contribution in [3.63, 3.8) is 0 Å². The molecule has 1 aromatic rings. The molecule has 0 bridgehead atoms. The number of pyridine rings is 1. The zero-order valence-corrected chi connectivity index (χ0v) is 8.08. The first kappa shape index (κ1) is 12.6. The highest BCUT2D eigenvalue weighted by atomic mass is 19.4. The van der Waals surface area contributed by atoms with Crippen LogP contribution in [-0.4, -0.2) is 17.3 Å². The Labute approximate surface area is 92.6 Å². The number of nitrogen functional groups attached to an aromatic ring is 1. The van der Waals surface area contributed by atoms with Gasteiger partial charge >= 0.3 is 6.36 Å². The van der Waals surface area contributed by atoms with E-state index < -0.39 is 29.5 Å². The van der Waals surface area contributed by atoms with Gasteiger partial charge in [0.25, 0.3) is 5.91 Å². The van der Waals surface area contributed by atoms with Gasteiger partial charge in [0.05, 0.1) is 11.3 Å². The molecule has 0 aromatic carbocycles. The minimum atomic E-state index is -5.01. The number of alkyl halides is 3. The second kappa shape index (κ2) is 4.17. The van der Waals surface area contributed by atoms with Crippen LogP contribution in [0.3, 0.4) is 0 Å². The van der Waals surface area contributed by atoms with Crippen LogP contribution in [0.15, 0.2) is 6.07 Å². The van der Waals surface area contributed by atoms with Gasteiger partial charge in [-0.25, -0.2) is 4.98 Å². The maximum absolute atomic E-state index is 11.9. The van der Waals surface area contributed by atoms with E-state index in [4.69, 9.17) is 16.7 Å². The summed E-state index contributed by atoms with van der Waals surface area (Å²) in [4.78, 5) is 14.0. The molecule has 0 atom stereocenters. The van der Waals surface area contributed by atoms with E-state index in [0.29, 0.717) is 0 Å². The first-order valence-corrected chi connectivity index (χ1v) is 4.00. The lowest BCUT2D eigenvalue weighted by molar-refractivity contribution is -0.275. The Morgan fingerprint density at radius 2 is 2.12 bits per heavy atom. The smallest absolute Gasteiger partial charge is 0.394 e. The quantitative estimate of drug-likeness (QED) is 0.789. The molecule has 4 N–H and O–H groups in total. The molecule has 9 heteroatoms. The molecular weight excluding hydrogens is 241 g/mol. The molecular formula is C8H5F3N4O2. The van der Waals surface area contributed by atoms with Crippen LogP contribution in [0.4, 0.5) is 18.9 Å². The van der Waals surface area contributed by atoms with Crippen molar-refractivity contribution in [2.45, 2.75) is 6.36 Å². The van der Waals surface area contributed by atoms with Gasteiger partial charge in [-0.3, -0.25) is 4.79 Å². The number of hydrogen-bond donors (Lipinski definition) is 2. The summed E-state index contributed by atoms with van der Waals surface area (Å²) in [6, 6.07) is 2.36. The molecule has 0 aliphatic carbocycles. The number of carbonyl (C=O) groups is 1. The highest BCUT2D eigenvalue weighted by molar-refractivity contribution is 5.94. The fourth-order valence-electron chi connectivity index (χ4n) is 0.976. The first-order chi connectivity index (χ1) is 7.74. The average molecular weight is 246 g/mol. The summed E-state index contributed by atoms with van der Waals surface area (Å²) < 4.78 is 39.3. The summed E-state index contributed by atoms with van der Waals surface area (Å²) in [6.45, 7) is 0. The number of anilines is 1. The number of halogens is 3. The maximum Gasteiger partial charge on any atom is 0.574 e. The maximum atomic E-state index is 11.9. The van der Waals surface area contributed by atoms with Gasteiger partial charge in [-0.2, -0.15) is 5.26 Å². The van der Waals surface area contributed by atoms with E-state index in [1.54, 1.807) is 0 Å². The number of ether oxygens (including phenoxy) is 1. The SMILES string of the molecule is N#Cc1cc(N)c(OC(F)(F)F)nc1C(N)=O. The fourth-order valence-corrected chi connectivity index (χ4v) is 0.976. The van der Waals surface area contributed by atoms with Crippen LogP contribution in [-0.2, 0) is 0 Å². The number of nitriles is 1. The number of aromatic nitrogens is 1. The van der Waals surface area contributed by atoms with E-state index in [2.05, 4.69) is 9.72 Å². The molecule has 1 aromatic heterocycles. The Hall–Kier alpha value is -2.50. The van der Waals surface area contributed by atoms with Crippen molar-refractivity contribution in [3.8, 4) is 11.9 Å². The topological polar surface area (TPSA) is 115 Å². The van der Waals surface area contributed by atoms with Crippen molar-refractivity contribution in [1.29, 1.82) is 5.26 Å². The molecule has 0 aliphatic heterocycles. The van der Waals surface area contributed by atoms with E-state index in [1.807, 2.05) is 0 Å². The minimum Gasteiger partial charge on any atom is -0.394 e. The van der Waals surface area contributed by atoms with Crippen LogP contribution in [0.5, 0.6) is 5.88 Å². The van der Waals surface area contributed by atoms with E-state index in [9.17, 15) is 18.0 Å². The fraction of sp³-hybridized carbons (Fsp3) is 0.125. The van der Waals surface area contributed by atoms with Gasteiger partial charge in [0, 0.05) is 0 Å². The van der Waals surface area contributed by atoms with Crippen molar-refractivity contribution in [2.24, 2.45) is 5.73 Å². The molecule has 0 saturated heterocycles. The molecule has 90 valence electrons. The number of primary amides is 1. The van der Waals surface area contributed by atoms with Gasteiger partial charge in [0.1, 0.15) is 11.8 Å². The summed E-state index contributed by atoms with van der Waals surface area (Å²) in [6.07, 6.45) is -5.01. The number of hydrogen-bond acceptors (Lipinski definition) is 5. The third-order valence-corrected chi connectivity index (χ3v) is 1.58. The molecule has 0 saturated carbocycles. The Morgan fingerprint density at radius 1 is 1.53 bits per heavy atom. The molecule has 0 radical (unpaired) electrons. The van der Waals surface area contributed by atoms with Crippen molar-refractivity contribution in [1.82, 2.24) is 4.98 Å². The van der Waals surface area contributed by atoms with E-state index >= 15 is 0 Å². The molecule has 0 aliphatic rings. The van der Waals surface area contributed by atoms with Gasteiger partial charge in [-0.1, -0.05) is 0 Å². The molecule has 0 unspecified atom stereocenters. The molecule has 17 heavy (non-hydrogen) atoms.